The van der Waals surface area contributed by atoms with Crippen molar-refractivity contribution >= 4 is 38.2 Å². The number of rotatable bonds is 4. The largest absolute Gasteiger partial charge is 0.543 e. The molecule has 150 valence electrons. The molecule has 0 amide bonds. The first-order valence-corrected chi connectivity index (χ1v) is 16.9. The van der Waals surface area contributed by atoms with Crippen LogP contribution >= 0.6 is 0 Å². The summed E-state index contributed by atoms with van der Waals surface area (Å²) in [7, 11) is -3.57. The van der Waals surface area contributed by atoms with Gasteiger partial charge >= 0.3 is 0 Å². The van der Waals surface area contributed by atoms with Crippen LogP contribution in [0.15, 0.2) is 42.5 Å². The summed E-state index contributed by atoms with van der Waals surface area (Å²) in [6.45, 7) is 20.2. The monoisotopic (exact) mass is 410 g/mol. The predicted octanol–water partition coefficient (Wildman–Crippen LogP) is 7.72. The van der Waals surface area contributed by atoms with Crippen LogP contribution in [0.2, 0.25) is 39.3 Å². The lowest BCUT2D eigenvalue weighted by atomic mass is 9.85. The predicted molar refractivity (Wildman–Crippen MR) is 128 cm³/mol. The maximum absolute atomic E-state index is 6.68. The van der Waals surface area contributed by atoms with Gasteiger partial charge < -0.3 is 8.85 Å². The molecule has 0 aromatic heterocycles. The van der Waals surface area contributed by atoms with Gasteiger partial charge in [-0.25, -0.2) is 0 Å². The normalized spacial score (nSPS) is 13.2. The van der Waals surface area contributed by atoms with Gasteiger partial charge in [-0.15, -0.1) is 0 Å². The van der Waals surface area contributed by atoms with Gasteiger partial charge in [0.25, 0.3) is 0 Å². The molecule has 0 bridgehead atoms. The summed E-state index contributed by atoms with van der Waals surface area (Å²) in [4.78, 5) is 0. The van der Waals surface area contributed by atoms with E-state index in [-0.39, 0.29) is 5.41 Å². The Morgan fingerprint density at radius 2 is 1.04 bits per heavy atom. The van der Waals surface area contributed by atoms with Gasteiger partial charge in [-0.3, -0.25) is 0 Å². The summed E-state index contributed by atoms with van der Waals surface area (Å²) in [6, 6.07) is 15.3. The van der Waals surface area contributed by atoms with Crippen LogP contribution in [-0.4, -0.2) is 16.6 Å². The van der Waals surface area contributed by atoms with E-state index < -0.39 is 16.6 Å². The minimum Gasteiger partial charge on any atom is -0.543 e. The van der Waals surface area contributed by atoms with Crippen molar-refractivity contribution in [1.82, 2.24) is 0 Å². The van der Waals surface area contributed by atoms with Crippen molar-refractivity contribution in [2.24, 2.45) is 0 Å². The molecule has 2 nitrogen and oxygen atoms in total. The molecule has 0 heterocycles. The highest BCUT2D eigenvalue weighted by molar-refractivity contribution is 6.71. The first kappa shape index (κ1) is 20.9. The maximum atomic E-state index is 6.68. The van der Waals surface area contributed by atoms with Crippen molar-refractivity contribution in [3.63, 3.8) is 0 Å². The van der Waals surface area contributed by atoms with Crippen molar-refractivity contribution in [3.05, 3.63) is 48.0 Å². The molecule has 0 fully saturated rings. The molecule has 0 radical (unpaired) electrons. The Morgan fingerprint density at radius 1 is 0.607 bits per heavy atom. The zero-order valence-corrected chi connectivity index (χ0v) is 20.9. The van der Waals surface area contributed by atoms with Crippen LogP contribution in [0.25, 0.3) is 21.5 Å². The molecule has 0 saturated heterocycles. The highest BCUT2D eigenvalue weighted by Gasteiger charge is 2.26. The third kappa shape index (κ3) is 4.44. The molecule has 3 aromatic rings. The minimum atomic E-state index is -1.79. The molecule has 0 atom stereocenters. The number of hydrogen-bond acceptors (Lipinski definition) is 2. The zero-order valence-electron chi connectivity index (χ0n) is 18.9. The van der Waals surface area contributed by atoms with E-state index in [1.54, 1.807) is 0 Å². The van der Waals surface area contributed by atoms with Gasteiger partial charge in [0.2, 0.25) is 16.6 Å². The lowest BCUT2D eigenvalue weighted by molar-refractivity contribution is 0.560. The van der Waals surface area contributed by atoms with E-state index in [1.807, 2.05) is 0 Å². The van der Waals surface area contributed by atoms with Gasteiger partial charge in [0.15, 0.2) is 0 Å². The Bertz CT molecular complexity index is 1020. The smallest absolute Gasteiger partial charge is 0.242 e. The lowest BCUT2D eigenvalue weighted by Crippen LogP contribution is -2.30. The first-order valence-electron chi connectivity index (χ1n) is 10.1. The molecule has 0 unspecified atom stereocenters. The average Bonchev–Trinajstić information content (AvgIpc) is 2.54. The van der Waals surface area contributed by atoms with Crippen LogP contribution in [-0.2, 0) is 5.41 Å². The molecule has 28 heavy (non-hydrogen) atoms. The Hall–Kier alpha value is -1.79. The zero-order chi connectivity index (χ0) is 20.9. The second-order valence-corrected chi connectivity index (χ2v) is 19.5. The first-order chi connectivity index (χ1) is 12.8. The number of hydrogen-bond donors (Lipinski definition) is 0. The molecular formula is C24H34O2Si2. The van der Waals surface area contributed by atoms with E-state index in [4.69, 9.17) is 8.85 Å². The van der Waals surface area contributed by atoms with Crippen LogP contribution in [0.4, 0.5) is 0 Å². The summed E-state index contributed by atoms with van der Waals surface area (Å²) in [6.07, 6.45) is 0. The minimum absolute atomic E-state index is 0.0794. The fraction of sp³-hybridized carbons (Fsp3) is 0.417. The van der Waals surface area contributed by atoms with Crippen LogP contribution in [0.1, 0.15) is 26.3 Å². The second-order valence-electron chi connectivity index (χ2n) is 10.6. The molecule has 4 heteroatoms. The summed E-state index contributed by atoms with van der Waals surface area (Å²) >= 11 is 0. The molecular weight excluding hydrogens is 376 g/mol. The van der Waals surface area contributed by atoms with Gasteiger partial charge in [-0.2, -0.15) is 0 Å². The molecule has 0 aliphatic heterocycles. The second kappa shape index (κ2) is 6.92. The molecule has 0 spiro atoms. The van der Waals surface area contributed by atoms with E-state index in [2.05, 4.69) is 103 Å². The average molecular weight is 411 g/mol. The lowest BCUT2D eigenvalue weighted by Gasteiger charge is -2.28. The Balaban J connectivity index is 2.47. The molecule has 0 saturated carbocycles. The van der Waals surface area contributed by atoms with Crippen molar-refractivity contribution < 1.29 is 8.85 Å². The summed E-state index contributed by atoms with van der Waals surface area (Å²) in [5.74, 6) is 2.02. The van der Waals surface area contributed by atoms with Crippen LogP contribution in [0.3, 0.4) is 0 Å². The molecule has 0 aliphatic rings. The Kier molecular flexibility index (Phi) is 5.18. The fourth-order valence-electron chi connectivity index (χ4n) is 3.40. The topological polar surface area (TPSA) is 18.5 Å². The van der Waals surface area contributed by atoms with E-state index in [0.717, 1.165) is 27.7 Å². The highest BCUT2D eigenvalue weighted by Crippen LogP contribution is 2.45. The molecule has 3 aromatic carbocycles. The standard InChI is InChI=1S/C24H34O2Si2/c1-24(2,3)17-14-15-20-21(16-17)23(26-28(7,8)9)19-13-11-10-12-18(19)22(20)25-27(4,5)6/h10-16H,1-9H3. The molecule has 0 N–H and O–H groups in total. The van der Waals surface area contributed by atoms with Gasteiger partial charge in [0, 0.05) is 21.5 Å². The number of fused-ring (bicyclic) bond motifs is 2. The maximum Gasteiger partial charge on any atom is 0.242 e. The van der Waals surface area contributed by atoms with Crippen molar-refractivity contribution in [1.29, 1.82) is 0 Å². The van der Waals surface area contributed by atoms with E-state index in [0.29, 0.717) is 0 Å². The molecule has 0 aliphatic carbocycles. The van der Waals surface area contributed by atoms with Gasteiger partial charge in [-0.1, -0.05) is 57.2 Å². The van der Waals surface area contributed by atoms with Crippen LogP contribution < -0.4 is 8.85 Å². The third-order valence-corrected chi connectivity index (χ3v) is 6.24. The third-order valence-electron chi connectivity index (χ3n) is 4.61. The Morgan fingerprint density at radius 3 is 1.46 bits per heavy atom. The van der Waals surface area contributed by atoms with E-state index >= 15 is 0 Å². The van der Waals surface area contributed by atoms with E-state index in [1.165, 1.54) is 10.9 Å². The summed E-state index contributed by atoms with van der Waals surface area (Å²) < 4.78 is 13.3. The summed E-state index contributed by atoms with van der Waals surface area (Å²) in [5, 5.41) is 4.62. The van der Waals surface area contributed by atoms with Gasteiger partial charge in [0.1, 0.15) is 11.5 Å². The summed E-state index contributed by atoms with van der Waals surface area (Å²) in [5.41, 5.74) is 1.39. The SMILES string of the molecule is CC(C)(C)c1ccc2c(O[Si](C)(C)C)c3ccccc3c(O[Si](C)(C)C)c2c1. The highest BCUT2D eigenvalue weighted by atomic mass is 28.4. The van der Waals surface area contributed by atoms with E-state index in [9.17, 15) is 0 Å². The van der Waals surface area contributed by atoms with Crippen molar-refractivity contribution in [3.8, 4) is 11.5 Å². The van der Waals surface area contributed by atoms with Gasteiger partial charge in [-0.05, 0) is 56.3 Å². The quantitative estimate of drug-likeness (QED) is 0.324. The van der Waals surface area contributed by atoms with Crippen molar-refractivity contribution in [2.45, 2.75) is 65.5 Å². The molecule has 3 rings (SSSR count). The number of benzene rings is 3. The van der Waals surface area contributed by atoms with Crippen LogP contribution in [0.5, 0.6) is 11.5 Å². The van der Waals surface area contributed by atoms with Gasteiger partial charge in [0.05, 0.1) is 0 Å². The van der Waals surface area contributed by atoms with Crippen molar-refractivity contribution in [2.75, 3.05) is 0 Å². The Labute approximate surface area is 172 Å². The van der Waals surface area contributed by atoms with Crippen LogP contribution in [0, 0.1) is 0 Å². The fourth-order valence-corrected chi connectivity index (χ4v) is 5.06.